The number of fused-ring (bicyclic) bond motifs is 1. The lowest BCUT2D eigenvalue weighted by Gasteiger charge is -2.33. The monoisotopic (exact) mass is 519 g/mol. The molecule has 2 aliphatic heterocycles. The highest BCUT2D eigenvalue weighted by atomic mass is 32.2. The van der Waals surface area contributed by atoms with Crippen molar-refractivity contribution in [3.8, 4) is 23.4 Å². The van der Waals surface area contributed by atoms with Crippen LogP contribution in [-0.4, -0.2) is 49.4 Å². The Morgan fingerprint density at radius 1 is 1.00 bits per heavy atom. The summed E-state index contributed by atoms with van der Waals surface area (Å²) >= 11 is 0. The summed E-state index contributed by atoms with van der Waals surface area (Å²) in [6, 6.07) is 15.5. The summed E-state index contributed by atoms with van der Waals surface area (Å²) in [6.07, 6.45) is 2.53. The Kier molecular flexibility index (Phi) is 7.00. The normalized spacial score (nSPS) is 16.6. The number of hydrogen-bond donors (Lipinski definition) is 0. The first-order valence-corrected chi connectivity index (χ1v) is 13.8. The van der Waals surface area contributed by atoms with Gasteiger partial charge in [-0.15, -0.1) is 0 Å². The van der Waals surface area contributed by atoms with Gasteiger partial charge in [0.25, 0.3) is 0 Å². The number of ether oxygens (including phenoxy) is 2. The fourth-order valence-electron chi connectivity index (χ4n) is 4.72. The second-order valence-corrected chi connectivity index (χ2v) is 11.3. The Bertz CT molecular complexity index is 1450. The molecule has 5 rings (SSSR count). The molecule has 0 aliphatic carbocycles. The van der Waals surface area contributed by atoms with Crippen LogP contribution >= 0.6 is 0 Å². The number of hydrogen-bond acceptors (Lipinski definition) is 8. The van der Waals surface area contributed by atoms with E-state index < -0.39 is 10.0 Å². The molecule has 0 radical (unpaired) electrons. The molecule has 0 atom stereocenters. The third-order valence-corrected chi connectivity index (χ3v) is 8.85. The van der Waals surface area contributed by atoms with Gasteiger partial charge in [-0.2, -0.15) is 14.6 Å². The van der Waals surface area contributed by atoms with Gasteiger partial charge >= 0.3 is 0 Å². The summed E-state index contributed by atoms with van der Waals surface area (Å²) < 4.78 is 40.2. The third kappa shape index (κ3) is 4.97. The topological polar surface area (TPSA) is 109 Å². The molecule has 3 aromatic rings. The molecule has 0 spiro atoms. The summed E-state index contributed by atoms with van der Waals surface area (Å²) in [4.78, 5) is 11.8. The van der Waals surface area contributed by atoms with E-state index in [1.807, 2.05) is 18.2 Å². The molecule has 1 fully saturated rings. The number of piperidine rings is 1. The predicted molar refractivity (Wildman–Crippen MR) is 138 cm³/mol. The average Bonchev–Trinajstić information content (AvgIpc) is 2.93. The Balaban J connectivity index is 1.54. The van der Waals surface area contributed by atoms with Gasteiger partial charge in [-0.25, -0.2) is 13.4 Å². The largest absolute Gasteiger partial charge is 0.493 e. The first-order chi connectivity index (χ1) is 17.9. The SMILES string of the molecule is COc1ccccc1Oc1nc(N2CCC(C)CC2)nc2c1CN(S(=O)(=O)c1ccccc1C#N)CC2. The smallest absolute Gasteiger partial charge is 0.244 e. The first kappa shape index (κ1) is 25.0. The number of nitrogens with zero attached hydrogens (tertiary/aromatic N) is 5. The molecule has 0 N–H and O–H groups in total. The van der Waals surface area contributed by atoms with Crippen LogP contribution in [0.3, 0.4) is 0 Å². The van der Waals surface area contributed by atoms with Crippen molar-refractivity contribution >= 4 is 16.0 Å². The number of nitriles is 1. The van der Waals surface area contributed by atoms with Crippen LogP contribution in [0.25, 0.3) is 0 Å². The van der Waals surface area contributed by atoms with E-state index in [2.05, 4.69) is 11.8 Å². The summed E-state index contributed by atoms with van der Waals surface area (Å²) in [5.41, 5.74) is 1.50. The summed E-state index contributed by atoms with van der Waals surface area (Å²) in [7, 11) is -2.35. The maximum Gasteiger partial charge on any atom is 0.244 e. The van der Waals surface area contributed by atoms with Gasteiger partial charge < -0.3 is 14.4 Å². The highest BCUT2D eigenvalue weighted by Crippen LogP contribution is 2.37. The number of rotatable bonds is 6. The molecule has 1 saturated heterocycles. The molecule has 9 nitrogen and oxygen atoms in total. The average molecular weight is 520 g/mol. The standard InChI is InChI=1S/C27H29N5O4S/c1-19-11-14-31(15-12-19)27-29-22-13-16-32(37(33,34)25-10-6-3-7-20(25)17-28)18-21(22)26(30-27)36-24-9-5-4-8-23(24)35-2/h3-10,19H,11-16,18H2,1-2H3. The van der Waals surface area contributed by atoms with E-state index in [0.717, 1.165) is 31.6 Å². The zero-order chi connectivity index (χ0) is 26.0. The lowest BCUT2D eigenvalue weighted by molar-refractivity contribution is 0.352. The molecule has 2 aromatic carbocycles. The van der Waals surface area contributed by atoms with Crippen molar-refractivity contribution in [3.05, 3.63) is 65.4 Å². The fraction of sp³-hybridized carbons (Fsp3) is 0.370. The van der Waals surface area contributed by atoms with Gasteiger partial charge in [0.1, 0.15) is 6.07 Å². The minimum Gasteiger partial charge on any atom is -0.493 e. The molecule has 0 bridgehead atoms. The molecule has 0 amide bonds. The molecule has 2 aliphatic rings. The van der Waals surface area contributed by atoms with Gasteiger partial charge in [-0.3, -0.25) is 0 Å². The second-order valence-electron chi connectivity index (χ2n) is 9.37. The number of benzene rings is 2. The van der Waals surface area contributed by atoms with E-state index in [4.69, 9.17) is 19.4 Å². The quantitative estimate of drug-likeness (QED) is 0.478. The second kappa shape index (κ2) is 10.4. The lowest BCUT2D eigenvalue weighted by atomic mass is 9.99. The van der Waals surface area contributed by atoms with E-state index in [0.29, 0.717) is 41.2 Å². The molecule has 3 heterocycles. The molecule has 0 unspecified atom stereocenters. The van der Waals surface area contributed by atoms with E-state index in [1.54, 1.807) is 31.4 Å². The minimum atomic E-state index is -3.92. The highest BCUT2D eigenvalue weighted by molar-refractivity contribution is 7.89. The summed E-state index contributed by atoms with van der Waals surface area (Å²) in [5.74, 6) is 2.61. The van der Waals surface area contributed by atoms with Crippen LogP contribution in [0.5, 0.6) is 17.4 Å². The molecule has 1 aromatic heterocycles. The van der Waals surface area contributed by atoms with Crippen molar-refractivity contribution in [3.63, 3.8) is 0 Å². The first-order valence-electron chi connectivity index (χ1n) is 12.4. The summed E-state index contributed by atoms with van der Waals surface area (Å²) in [5, 5.41) is 9.48. The van der Waals surface area contributed by atoms with Crippen molar-refractivity contribution in [1.29, 1.82) is 5.26 Å². The van der Waals surface area contributed by atoms with Crippen molar-refractivity contribution < 1.29 is 17.9 Å². The maximum atomic E-state index is 13.6. The van der Waals surface area contributed by atoms with E-state index in [9.17, 15) is 13.7 Å². The van der Waals surface area contributed by atoms with Gasteiger partial charge in [0.15, 0.2) is 11.5 Å². The Hall–Kier alpha value is -3.68. The van der Waals surface area contributed by atoms with Crippen LogP contribution in [0.4, 0.5) is 5.95 Å². The van der Waals surface area contributed by atoms with Crippen molar-refractivity contribution in [2.75, 3.05) is 31.6 Å². The number of aromatic nitrogens is 2. The van der Waals surface area contributed by atoms with E-state index in [-0.39, 0.29) is 23.5 Å². The number of sulfonamides is 1. The van der Waals surface area contributed by atoms with Gasteiger partial charge in [-0.1, -0.05) is 31.2 Å². The van der Waals surface area contributed by atoms with Crippen LogP contribution in [0.1, 0.15) is 36.6 Å². The summed E-state index contributed by atoms with van der Waals surface area (Å²) in [6.45, 7) is 4.26. The van der Waals surface area contributed by atoms with Crippen LogP contribution in [0, 0.1) is 17.2 Å². The van der Waals surface area contributed by atoms with Crippen molar-refractivity contribution in [2.45, 2.75) is 37.6 Å². The number of para-hydroxylation sites is 2. The molecule has 37 heavy (non-hydrogen) atoms. The van der Waals surface area contributed by atoms with Crippen molar-refractivity contribution in [1.82, 2.24) is 14.3 Å². The van der Waals surface area contributed by atoms with Gasteiger partial charge in [0.05, 0.1) is 28.8 Å². The Morgan fingerprint density at radius 3 is 2.43 bits per heavy atom. The Morgan fingerprint density at radius 2 is 1.70 bits per heavy atom. The lowest BCUT2D eigenvalue weighted by Crippen LogP contribution is -2.38. The van der Waals surface area contributed by atoms with Crippen LogP contribution in [0.15, 0.2) is 53.4 Å². The highest BCUT2D eigenvalue weighted by Gasteiger charge is 2.34. The van der Waals surface area contributed by atoms with Gasteiger partial charge in [0.2, 0.25) is 21.9 Å². The molecule has 192 valence electrons. The van der Waals surface area contributed by atoms with Gasteiger partial charge in [-0.05, 0) is 43.0 Å². The minimum absolute atomic E-state index is 0.00637. The molecular weight excluding hydrogens is 490 g/mol. The molecule has 0 saturated carbocycles. The van der Waals surface area contributed by atoms with Crippen LogP contribution in [-0.2, 0) is 23.0 Å². The molecule has 10 heteroatoms. The third-order valence-electron chi connectivity index (χ3n) is 6.94. The number of methoxy groups -OCH3 is 1. The van der Waals surface area contributed by atoms with Crippen LogP contribution in [0.2, 0.25) is 0 Å². The fourth-order valence-corrected chi connectivity index (χ4v) is 6.27. The Labute approximate surface area is 217 Å². The molecular formula is C27H29N5O4S. The van der Waals surface area contributed by atoms with E-state index >= 15 is 0 Å². The maximum absolute atomic E-state index is 13.6. The number of anilines is 1. The zero-order valence-electron chi connectivity index (χ0n) is 20.9. The predicted octanol–water partition coefficient (Wildman–Crippen LogP) is 4.13. The van der Waals surface area contributed by atoms with Gasteiger partial charge in [0, 0.05) is 32.6 Å². The van der Waals surface area contributed by atoms with Crippen LogP contribution < -0.4 is 14.4 Å². The zero-order valence-corrected chi connectivity index (χ0v) is 21.7. The van der Waals surface area contributed by atoms with E-state index in [1.165, 1.54) is 16.4 Å². The van der Waals surface area contributed by atoms with Crippen molar-refractivity contribution in [2.24, 2.45) is 5.92 Å².